The number of hydrogen-bond donors (Lipinski definition) is 2. The van der Waals surface area contributed by atoms with Crippen molar-refractivity contribution in [3.63, 3.8) is 0 Å². The van der Waals surface area contributed by atoms with Crippen molar-refractivity contribution in [1.29, 1.82) is 0 Å². The molecule has 0 bridgehead atoms. The molecule has 0 radical (unpaired) electrons. The lowest BCUT2D eigenvalue weighted by Crippen LogP contribution is -2.41. The molecular weight excluding hydrogens is 458 g/mol. The molecule has 9 nitrogen and oxygen atoms in total. The van der Waals surface area contributed by atoms with Crippen LogP contribution in [-0.2, 0) is 10.0 Å². The summed E-state index contributed by atoms with van der Waals surface area (Å²) in [6.07, 6.45) is 3.54. The smallest absolute Gasteiger partial charge is 0.279 e. The highest BCUT2D eigenvalue weighted by Gasteiger charge is 2.27. The zero-order chi connectivity index (χ0) is 21.6. The monoisotopic (exact) mass is 475 g/mol. The van der Waals surface area contributed by atoms with Crippen LogP contribution in [0.2, 0.25) is 0 Å². The average Bonchev–Trinajstić information content (AvgIpc) is 3.54. The van der Waals surface area contributed by atoms with E-state index in [4.69, 9.17) is 0 Å². The second kappa shape index (κ2) is 7.71. The molecule has 4 aromatic rings. The Morgan fingerprint density at radius 1 is 1.06 bits per heavy atom. The first-order valence-corrected chi connectivity index (χ1v) is 12.6. The summed E-state index contributed by atoms with van der Waals surface area (Å²) >= 11 is 2.74. The Morgan fingerprint density at radius 2 is 1.84 bits per heavy atom. The number of thiophene rings is 1. The van der Waals surface area contributed by atoms with E-state index in [9.17, 15) is 18.0 Å². The van der Waals surface area contributed by atoms with Crippen molar-refractivity contribution < 1.29 is 18.0 Å². The summed E-state index contributed by atoms with van der Waals surface area (Å²) in [5, 5.41) is 1.91. The molecule has 1 saturated heterocycles. The van der Waals surface area contributed by atoms with E-state index in [1.165, 1.54) is 51.2 Å². The van der Waals surface area contributed by atoms with Crippen LogP contribution in [0.25, 0.3) is 15.3 Å². The first kappa shape index (κ1) is 20.1. The first-order valence-electron chi connectivity index (χ1n) is 9.49. The van der Waals surface area contributed by atoms with Crippen LogP contribution in [0.5, 0.6) is 0 Å². The number of rotatable bonds is 4. The Morgan fingerprint density at radius 3 is 2.65 bits per heavy atom. The molecule has 5 rings (SSSR count). The number of imidazole rings is 1. The number of benzene rings is 1. The predicted molar refractivity (Wildman–Crippen MR) is 118 cm³/mol. The van der Waals surface area contributed by atoms with Crippen molar-refractivity contribution in [2.45, 2.75) is 17.7 Å². The number of hydrogen-bond acceptors (Lipinski definition) is 7. The highest BCUT2D eigenvalue weighted by molar-refractivity contribution is 7.89. The average molecular weight is 476 g/mol. The molecular formula is C19H17N5O4S3. The quantitative estimate of drug-likeness (QED) is 0.440. The van der Waals surface area contributed by atoms with E-state index < -0.39 is 21.8 Å². The topological polar surface area (TPSA) is 113 Å². The molecule has 2 N–H and O–H groups in total. The minimum atomic E-state index is -3.63. The second-order valence-electron chi connectivity index (χ2n) is 7.02. The third kappa shape index (κ3) is 3.61. The van der Waals surface area contributed by atoms with Gasteiger partial charge in [0, 0.05) is 30.2 Å². The Hall–Kier alpha value is -2.80. The van der Waals surface area contributed by atoms with Crippen LogP contribution in [0.3, 0.4) is 0 Å². The van der Waals surface area contributed by atoms with Crippen LogP contribution in [0.15, 0.2) is 46.8 Å². The minimum absolute atomic E-state index is 0.0632. The molecule has 160 valence electrons. The van der Waals surface area contributed by atoms with Crippen LogP contribution in [0.4, 0.5) is 0 Å². The van der Waals surface area contributed by atoms with Crippen molar-refractivity contribution in [3.05, 3.63) is 52.3 Å². The standard InChI is InChI=1S/C19H17N5O4S3/c25-16(12-4-3-5-13(10-12)31(27,28)23-6-1-2-7-23)21-22-17(26)15-11-14-18(30-15)20-19-24(14)8-9-29-19/h3-5,8-11H,1-2,6-7H2,(H,21,25)(H,22,26). The SMILES string of the molecule is O=C(NNC(=O)c1cc2c(nc3sccn32)s1)c1cccc(S(=O)(=O)N2CCCC2)c1. The van der Waals surface area contributed by atoms with E-state index in [0.29, 0.717) is 18.0 Å². The third-order valence-corrected chi connectivity index (χ3v) is 8.72. The maximum atomic E-state index is 12.7. The number of fused-ring (bicyclic) bond motifs is 3. The largest absolute Gasteiger partial charge is 0.289 e. The van der Waals surface area contributed by atoms with E-state index >= 15 is 0 Å². The van der Waals surface area contributed by atoms with Crippen LogP contribution in [0.1, 0.15) is 32.9 Å². The fourth-order valence-corrected chi connectivity index (χ4v) is 6.74. The molecule has 2 amide bonds. The number of carbonyl (C=O) groups excluding carboxylic acids is 2. The molecule has 1 fully saturated rings. The highest BCUT2D eigenvalue weighted by atomic mass is 32.2. The van der Waals surface area contributed by atoms with Crippen molar-refractivity contribution in [2.24, 2.45) is 0 Å². The number of thiazole rings is 1. The van der Waals surface area contributed by atoms with Gasteiger partial charge in [0.2, 0.25) is 10.0 Å². The molecule has 0 aliphatic carbocycles. The molecule has 1 aliphatic rings. The number of hydrazine groups is 1. The Kier molecular flexibility index (Phi) is 5.01. The number of aromatic nitrogens is 2. The number of nitrogens with zero attached hydrogens (tertiary/aromatic N) is 3. The third-order valence-electron chi connectivity index (χ3n) is 5.05. The van der Waals surface area contributed by atoms with Crippen molar-refractivity contribution >= 4 is 59.8 Å². The summed E-state index contributed by atoms with van der Waals surface area (Å²) in [6, 6.07) is 7.52. The van der Waals surface area contributed by atoms with Crippen LogP contribution in [-0.4, -0.2) is 47.0 Å². The van der Waals surface area contributed by atoms with Crippen molar-refractivity contribution in [2.75, 3.05) is 13.1 Å². The van der Waals surface area contributed by atoms with E-state index in [1.807, 2.05) is 16.0 Å². The molecule has 12 heteroatoms. The summed E-state index contributed by atoms with van der Waals surface area (Å²) in [7, 11) is -3.63. The summed E-state index contributed by atoms with van der Waals surface area (Å²) in [5.74, 6) is -1.07. The normalized spacial score (nSPS) is 15.0. The fraction of sp³-hybridized carbons (Fsp3) is 0.211. The van der Waals surface area contributed by atoms with Gasteiger partial charge in [0.25, 0.3) is 11.8 Å². The zero-order valence-corrected chi connectivity index (χ0v) is 18.5. The second-order valence-corrected chi connectivity index (χ2v) is 10.9. The maximum Gasteiger partial charge on any atom is 0.279 e. The molecule has 31 heavy (non-hydrogen) atoms. The fourth-order valence-electron chi connectivity index (χ4n) is 3.48. The number of carbonyl (C=O) groups is 2. The van der Waals surface area contributed by atoms with Crippen molar-refractivity contribution in [1.82, 2.24) is 24.5 Å². The minimum Gasteiger partial charge on any atom is -0.289 e. The number of nitrogens with one attached hydrogen (secondary N) is 2. The Balaban J connectivity index is 1.29. The van der Waals surface area contributed by atoms with Gasteiger partial charge in [-0.2, -0.15) is 4.31 Å². The number of amides is 2. The van der Waals surface area contributed by atoms with E-state index in [2.05, 4.69) is 15.8 Å². The van der Waals surface area contributed by atoms with Gasteiger partial charge in [0.1, 0.15) is 4.83 Å². The van der Waals surface area contributed by atoms with Gasteiger partial charge in [-0.3, -0.25) is 24.8 Å². The molecule has 0 atom stereocenters. The van der Waals surface area contributed by atoms with Gasteiger partial charge in [0.05, 0.1) is 15.3 Å². The van der Waals surface area contributed by atoms with Crippen LogP contribution < -0.4 is 10.9 Å². The van der Waals surface area contributed by atoms with Gasteiger partial charge in [-0.25, -0.2) is 13.4 Å². The van der Waals surface area contributed by atoms with Crippen LogP contribution in [0, 0.1) is 0 Å². The molecule has 0 unspecified atom stereocenters. The lowest BCUT2D eigenvalue weighted by atomic mass is 10.2. The molecule has 1 aromatic carbocycles. The highest BCUT2D eigenvalue weighted by Crippen LogP contribution is 2.28. The maximum absolute atomic E-state index is 12.7. The van der Waals surface area contributed by atoms with Gasteiger partial charge < -0.3 is 0 Å². The predicted octanol–water partition coefficient (Wildman–Crippen LogP) is 2.47. The van der Waals surface area contributed by atoms with Gasteiger partial charge in [-0.05, 0) is 37.1 Å². The van der Waals surface area contributed by atoms with Crippen molar-refractivity contribution in [3.8, 4) is 0 Å². The lowest BCUT2D eigenvalue weighted by molar-refractivity contribution is 0.0849. The van der Waals surface area contributed by atoms with Gasteiger partial charge in [-0.15, -0.1) is 22.7 Å². The summed E-state index contributed by atoms with van der Waals surface area (Å²) in [5.41, 5.74) is 5.70. The van der Waals surface area contributed by atoms with Gasteiger partial charge in [-0.1, -0.05) is 6.07 Å². The summed E-state index contributed by atoms with van der Waals surface area (Å²) < 4.78 is 28.7. The molecule has 0 spiro atoms. The lowest BCUT2D eigenvalue weighted by Gasteiger charge is -2.16. The first-order chi connectivity index (χ1) is 14.9. The van der Waals surface area contributed by atoms with Gasteiger partial charge >= 0.3 is 0 Å². The summed E-state index contributed by atoms with van der Waals surface area (Å²) in [4.78, 5) is 31.5. The Bertz CT molecular complexity index is 1410. The van der Waals surface area contributed by atoms with E-state index in [-0.39, 0.29) is 10.5 Å². The zero-order valence-electron chi connectivity index (χ0n) is 16.1. The van der Waals surface area contributed by atoms with Crippen LogP contribution >= 0.6 is 22.7 Å². The van der Waals surface area contributed by atoms with E-state index in [0.717, 1.165) is 28.1 Å². The molecule has 0 saturated carbocycles. The molecule has 4 heterocycles. The van der Waals surface area contributed by atoms with E-state index in [1.54, 1.807) is 6.07 Å². The summed E-state index contributed by atoms with van der Waals surface area (Å²) in [6.45, 7) is 0.966. The number of sulfonamides is 1. The molecule has 3 aromatic heterocycles. The Labute approximate surface area is 185 Å². The molecule has 1 aliphatic heterocycles. The van der Waals surface area contributed by atoms with Gasteiger partial charge in [0.15, 0.2) is 4.96 Å².